The maximum Gasteiger partial charge on any atom is 0.327 e. The molecule has 110 valence electrons. The molecule has 3 nitrogen and oxygen atoms in total. The molecule has 8 heteroatoms. The highest BCUT2D eigenvalue weighted by atomic mass is 35.5. The fraction of sp³-hybridized carbons (Fsp3) is 0.154. The molecule has 1 aromatic heterocycles. The molecule has 1 N–H and O–H groups in total. The molecule has 0 unspecified atom stereocenters. The molecule has 21 heavy (non-hydrogen) atoms. The first-order chi connectivity index (χ1) is 9.88. The van der Waals surface area contributed by atoms with Crippen LogP contribution >= 0.6 is 35.0 Å². The number of rotatable bonds is 2. The van der Waals surface area contributed by atoms with Gasteiger partial charge in [0.15, 0.2) is 6.10 Å². The van der Waals surface area contributed by atoms with Crippen LogP contribution in [0.3, 0.4) is 0 Å². The Morgan fingerprint density at radius 2 is 2.05 bits per heavy atom. The van der Waals surface area contributed by atoms with Crippen LogP contribution in [0, 0.1) is 0 Å². The lowest BCUT2D eigenvalue weighted by Crippen LogP contribution is -2.16. The molecule has 1 aliphatic rings. The summed E-state index contributed by atoms with van der Waals surface area (Å²) in [6.45, 7) is 0. The fourth-order valence-corrected chi connectivity index (χ4v) is 3.43. The normalized spacial score (nSPS) is 19.4. The number of halogens is 4. The fourth-order valence-electron chi connectivity index (χ4n) is 1.92. The van der Waals surface area contributed by atoms with Gasteiger partial charge in [0, 0.05) is 22.7 Å². The minimum absolute atomic E-state index is 0.0286. The predicted octanol–water partition coefficient (Wildman–Crippen LogP) is 4.91. The zero-order valence-electron chi connectivity index (χ0n) is 10.2. The van der Waals surface area contributed by atoms with Gasteiger partial charge in [-0.05, 0) is 23.9 Å². The third-order valence-electron chi connectivity index (χ3n) is 2.85. The van der Waals surface area contributed by atoms with Gasteiger partial charge in [0.05, 0.1) is 16.2 Å². The van der Waals surface area contributed by atoms with Gasteiger partial charge in [-0.15, -0.1) is 0 Å². The van der Waals surface area contributed by atoms with Gasteiger partial charge < -0.3 is 9.84 Å². The van der Waals surface area contributed by atoms with Crippen LogP contribution in [-0.2, 0) is 0 Å². The van der Waals surface area contributed by atoms with E-state index in [9.17, 15) is 13.9 Å². The van der Waals surface area contributed by atoms with Crippen molar-refractivity contribution in [2.45, 2.75) is 16.3 Å². The molecule has 2 heterocycles. The van der Waals surface area contributed by atoms with Crippen molar-refractivity contribution in [3.8, 4) is 11.5 Å². The molecule has 0 radical (unpaired) electrons. The zero-order valence-corrected chi connectivity index (χ0v) is 12.5. The van der Waals surface area contributed by atoms with E-state index in [1.165, 1.54) is 30.6 Å². The Morgan fingerprint density at radius 1 is 1.29 bits per heavy atom. The molecule has 0 aliphatic carbocycles. The highest BCUT2D eigenvalue weighted by Crippen LogP contribution is 2.57. The molecule has 0 fully saturated rings. The lowest BCUT2D eigenvalue weighted by molar-refractivity contribution is -0.0310. The van der Waals surface area contributed by atoms with E-state index in [0.29, 0.717) is 10.8 Å². The Bertz CT molecular complexity index is 715. The summed E-state index contributed by atoms with van der Waals surface area (Å²) in [5.74, 6) is 0.466. The Balaban J connectivity index is 1.98. The molecular formula is C13H7Cl2F2NO2S. The van der Waals surface area contributed by atoms with Gasteiger partial charge in [-0.1, -0.05) is 23.2 Å². The average molecular weight is 350 g/mol. The Morgan fingerprint density at radius 3 is 2.76 bits per heavy atom. The van der Waals surface area contributed by atoms with Crippen LogP contribution in [0.25, 0.3) is 0 Å². The summed E-state index contributed by atoms with van der Waals surface area (Å²) in [6.07, 6.45) is 0.876. The second-order valence-electron chi connectivity index (χ2n) is 4.30. The van der Waals surface area contributed by atoms with Crippen LogP contribution in [0.5, 0.6) is 11.5 Å². The molecule has 0 bridgehead atoms. The summed E-state index contributed by atoms with van der Waals surface area (Å²) in [5, 5.41) is 6.69. The van der Waals surface area contributed by atoms with Crippen LogP contribution < -0.4 is 4.74 Å². The van der Waals surface area contributed by atoms with Gasteiger partial charge in [-0.2, -0.15) is 8.78 Å². The van der Waals surface area contributed by atoms with E-state index in [2.05, 4.69) is 4.98 Å². The summed E-state index contributed by atoms with van der Waals surface area (Å²) < 4.78 is 32.5. The van der Waals surface area contributed by atoms with Gasteiger partial charge >= 0.3 is 5.25 Å². The Hall–Kier alpha value is -1.08. The number of aromatic nitrogens is 1. The van der Waals surface area contributed by atoms with Gasteiger partial charge in [-0.25, -0.2) is 0 Å². The smallest absolute Gasteiger partial charge is 0.327 e. The topological polar surface area (TPSA) is 42.4 Å². The quantitative estimate of drug-likeness (QED) is 0.836. The minimum Gasteiger partial charge on any atom is -0.454 e. The number of fused-ring (bicyclic) bond motifs is 1. The molecule has 0 saturated heterocycles. The van der Waals surface area contributed by atoms with Gasteiger partial charge in [-0.3, -0.25) is 4.98 Å². The van der Waals surface area contributed by atoms with E-state index in [1.807, 2.05) is 0 Å². The first-order valence-corrected chi connectivity index (χ1v) is 7.31. The van der Waals surface area contributed by atoms with E-state index in [1.54, 1.807) is 0 Å². The standard InChI is InChI=1S/C13H7Cl2F2NO2S/c14-6-3-7(5-18-4-6)20-8-1-2-9-10(11(8)15)12(19)13(16,17)21-9/h1-5,12,19H/t12-/m1/s1. The number of hydrogen-bond donors (Lipinski definition) is 1. The predicted molar refractivity (Wildman–Crippen MR) is 76.5 cm³/mol. The number of aliphatic hydroxyl groups is 1. The summed E-state index contributed by atoms with van der Waals surface area (Å²) in [6, 6.07) is 4.41. The van der Waals surface area contributed by atoms with Crippen LogP contribution in [0.4, 0.5) is 8.78 Å². The number of pyridine rings is 1. The third-order valence-corrected chi connectivity index (χ3v) is 4.52. The molecule has 3 rings (SSSR count). The summed E-state index contributed by atoms with van der Waals surface area (Å²) >= 11 is 12.1. The van der Waals surface area contributed by atoms with E-state index in [-0.39, 0.29) is 33.0 Å². The van der Waals surface area contributed by atoms with Crippen molar-refractivity contribution < 1.29 is 18.6 Å². The molecule has 1 aromatic carbocycles. The van der Waals surface area contributed by atoms with E-state index in [0.717, 1.165) is 0 Å². The van der Waals surface area contributed by atoms with Crippen molar-refractivity contribution in [1.82, 2.24) is 4.98 Å². The molecule has 1 atom stereocenters. The van der Waals surface area contributed by atoms with Crippen molar-refractivity contribution in [2.75, 3.05) is 0 Å². The summed E-state index contributed by atoms with van der Waals surface area (Å²) in [4.78, 5) is 4.08. The Labute approximate surface area is 132 Å². The SMILES string of the molecule is O[C@@H]1c2c(ccc(Oc3cncc(Cl)c3)c2Cl)SC1(F)F. The van der Waals surface area contributed by atoms with Crippen LogP contribution in [0.15, 0.2) is 35.5 Å². The minimum atomic E-state index is -3.30. The maximum absolute atomic E-state index is 13.5. The zero-order chi connectivity index (χ0) is 15.2. The maximum atomic E-state index is 13.5. The highest BCUT2D eigenvalue weighted by Gasteiger charge is 2.49. The molecule has 0 spiro atoms. The molecule has 0 saturated carbocycles. The number of nitrogens with zero attached hydrogens (tertiary/aromatic N) is 1. The van der Waals surface area contributed by atoms with Crippen LogP contribution in [0.1, 0.15) is 11.7 Å². The summed E-state index contributed by atoms with van der Waals surface area (Å²) in [7, 11) is 0. The van der Waals surface area contributed by atoms with E-state index < -0.39 is 11.4 Å². The number of benzene rings is 1. The third kappa shape index (κ3) is 2.68. The number of ether oxygens (including phenoxy) is 1. The first kappa shape index (κ1) is 14.8. The first-order valence-electron chi connectivity index (χ1n) is 5.74. The lowest BCUT2D eigenvalue weighted by Gasteiger charge is -2.14. The van der Waals surface area contributed by atoms with Gasteiger partial charge in [0.2, 0.25) is 0 Å². The van der Waals surface area contributed by atoms with E-state index in [4.69, 9.17) is 27.9 Å². The second kappa shape index (κ2) is 5.28. The number of thioether (sulfide) groups is 1. The highest BCUT2D eigenvalue weighted by molar-refractivity contribution is 8.00. The van der Waals surface area contributed by atoms with Gasteiger partial charge in [0.1, 0.15) is 11.5 Å². The molecule has 0 amide bonds. The number of aliphatic hydroxyl groups excluding tert-OH is 1. The van der Waals surface area contributed by atoms with Crippen molar-refractivity contribution >= 4 is 35.0 Å². The average Bonchev–Trinajstić information content (AvgIpc) is 2.64. The molecular weight excluding hydrogens is 343 g/mol. The van der Waals surface area contributed by atoms with Crippen molar-refractivity contribution in [3.63, 3.8) is 0 Å². The summed E-state index contributed by atoms with van der Waals surface area (Å²) in [5.41, 5.74) is -0.0286. The largest absolute Gasteiger partial charge is 0.454 e. The van der Waals surface area contributed by atoms with Crippen molar-refractivity contribution in [1.29, 1.82) is 0 Å². The van der Waals surface area contributed by atoms with E-state index >= 15 is 0 Å². The second-order valence-corrected chi connectivity index (χ2v) is 6.30. The van der Waals surface area contributed by atoms with Crippen molar-refractivity contribution in [2.24, 2.45) is 0 Å². The van der Waals surface area contributed by atoms with Crippen LogP contribution in [0.2, 0.25) is 10.0 Å². The number of alkyl halides is 2. The van der Waals surface area contributed by atoms with Gasteiger partial charge in [0.25, 0.3) is 0 Å². The monoisotopic (exact) mass is 349 g/mol. The molecule has 1 aliphatic heterocycles. The Kier molecular flexibility index (Phi) is 3.73. The van der Waals surface area contributed by atoms with Crippen LogP contribution in [-0.4, -0.2) is 15.3 Å². The lowest BCUT2D eigenvalue weighted by atomic mass is 10.1. The molecule has 2 aromatic rings. The number of hydrogen-bond acceptors (Lipinski definition) is 4. The van der Waals surface area contributed by atoms with Crippen molar-refractivity contribution in [3.05, 3.63) is 46.2 Å².